The van der Waals surface area contributed by atoms with Gasteiger partial charge in [-0.15, -0.1) is 0 Å². The van der Waals surface area contributed by atoms with Crippen LogP contribution < -0.4 is 14.8 Å². The van der Waals surface area contributed by atoms with Gasteiger partial charge in [0.1, 0.15) is 19.6 Å². The first-order valence-corrected chi connectivity index (χ1v) is 9.78. The van der Waals surface area contributed by atoms with Gasteiger partial charge in [-0.1, -0.05) is 24.6 Å². The molecule has 4 nitrogen and oxygen atoms in total. The van der Waals surface area contributed by atoms with E-state index in [4.69, 9.17) is 25.6 Å². The SMILES string of the molecule is CCCOP(C(=O)c1c(Cl)cccc1OC)c1ccc(OCC)cc1.[Li]. The first kappa shape index (κ1) is 23.0. The molecule has 2 aromatic rings. The second-order valence-corrected chi connectivity index (χ2v) is 7.35. The van der Waals surface area contributed by atoms with Crippen LogP contribution in [-0.2, 0) is 4.52 Å². The van der Waals surface area contributed by atoms with E-state index in [1.807, 2.05) is 38.1 Å². The van der Waals surface area contributed by atoms with E-state index >= 15 is 0 Å². The van der Waals surface area contributed by atoms with Gasteiger partial charge < -0.3 is 14.0 Å². The topological polar surface area (TPSA) is 44.8 Å². The van der Waals surface area contributed by atoms with Gasteiger partial charge in [-0.2, -0.15) is 0 Å². The monoisotopic (exact) mass is 387 g/mol. The van der Waals surface area contributed by atoms with Crippen LogP contribution >= 0.6 is 19.7 Å². The summed E-state index contributed by atoms with van der Waals surface area (Å²) in [7, 11) is 0.00449. The summed E-state index contributed by atoms with van der Waals surface area (Å²) in [6.45, 7) is 5.03. The Kier molecular flexibility index (Phi) is 10.3. The number of carbonyl (C=O) groups excluding carboxylic acids is 1. The first-order chi connectivity index (χ1) is 12.1. The quantitative estimate of drug-likeness (QED) is 0.464. The molecule has 135 valence electrons. The number of hydrogen-bond acceptors (Lipinski definition) is 4. The molecule has 0 N–H and O–H groups in total. The van der Waals surface area contributed by atoms with Gasteiger partial charge in [-0.05, 0) is 49.7 Å². The molecule has 2 aromatic carbocycles. The van der Waals surface area contributed by atoms with E-state index in [-0.39, 0.29) is 24.4 Å². The molecule has 26 heavy (non-hydrogen) atoms. The molecule has 0 saturated heterocycles. The average Bonchev–Trinajstić information content (AvgIpc) is 2.63. The van der Waals surface area contributed by atoms with Crippen molar-refractivity contribution in [3.05, 3.63) is 53.1 Å². The van der Waals surface area contributed by atoms with Gasteiger partial charge >= 0.3 is 0 Å². The minimum absolute atomic E-state index is 0. The average molecular weight is 388 g/mol. The Morgan fingerprint density at radius 3 is 2.38 bits per heavy atom. The number of carbonyl (C=O) groups is 1. The van der Waals surface area contributed by atoms with Crippen molar-refractivity contribution >= 4 is 49.4 Å². The molecule has 0 aliphatic heterocycles. The van der Waals surface area contributed by atoms with E-state index in [2.05, 4.69) is 0 Å². The van der Waals surface area contributed by atoms with Crippen molar-refractivity contribution in [1.29, 1.82) is 0 Å². The standard InChI is InChI=1S/C19H22ClO4P.Li/c1-4-13-24-25(15-11-9-14(10-12-15)23-5-2)19(21)18-16(20)7-6-8-17(18)22-3;/h6-12H,4-5,13H2,1-3H3;. The number of hydrogen-bond donors (Lipinski definition) is 0. The third-order valence-corrected chi connectivity index (χ3v) is 5.52. The summed E-state index contributed by atoms with van der Waals surface area (Å²) in [4.78, 5) is 13.2. The third-order valence-electron chi connectivity index (χ3n) is 3.40. The number of methoxy groups -OCH3 is 1. The third kappa shape index (κ3) is 5.74. The van der Waals surface area contributed by atoms with Gasteiger partial charge in [0.2, 0.25) is 5.52 Å². The summed E-state index contributed by atoms with van der Waals surface area (Å²) in [5.41, 5.74) is 0.206. The smallest absolute Gasteiger partial charge is 0.221 e. The number of rotatable bonds is 9. The molecule has 0 aromatic heterocycles. The van der Waals surface area contributed by atoms with E-state index in [9.17, 15) is 4.79 Å². The Morgan fingerprint density at radius 2 is 1.81 bits per heavy atom. The second-order valence-electron chi connectivity index (χ2n) is 5.18. The molecule has 7 heteroatoms. The van der Waals surface area contributed by atoms with Gasteiger partial charge in [0.15, 0.2) is 0 Å². The first-order valence-electron chi connectivity index (χ1n) is 8.15. The zero-order valence-electron chi connectivity index (χ0n) is 15.6. The molecule has 2 rings (SSSR count). The maximum atomic E-state index is 13.2. The molecule has 0 aliphatic carbocycles. The molecule has 1 radical (unpaired) electrons. The van der Waals surface area contributed by atoms with Crippen molar-refractivity contribution in [2.24, 2.45) is 0 Å². The van der Waals surface area contributed by atoms with Gasteiger partial charge in [-0.25, -0.2) is 0 Å². The zero-order chi connectivity index (χ0) is 18.2. The maximum Gasteiger partial charge on any atom is 0.221 e. The van der Waals surface area contributed by atoms with Crippen LogP contribution in [0.4, 0.5) is 0 Å². The molecular weight excluding hydrogens is 366 g/mol. The minimum Gasteiger partial charge on any atom is -0.496 e. The molecule has 0 heterocycles. The van der Waals surface area contributed by atoms with Crippen LogP contribution in [0.5, 0.6) is 11.5 Å². The van der Waals surface area contributed by atoms with E-state index in [0.717, 1.165) is 17.5 Å². The van der Waals surface area contributed by atoms with E-state index < -0.39 is 8.15 Å². The molecule has 1 unspecified atom stereocenters. The second kappa shape index (κ2) is 11.6. The molecule has 0 amide bonds. The maximum absolute atomic E-state index is 13.2. The summed E-state index contributed by atoms with van der Waals surface area (Å²) in [5, 5.41) is 1.18. The molecule has 0 bridgehead atoms. The minimum atomic E-state index is -1.52. The fourth-order valence-electron chi connectivity index (χ4n) is 2.26. The fraction of sp³-hybridized carbons (Fsp3) is 0.316. The van der Waals surface area contributed by atoms with Crippen molar-refractivity contribution in [2.75, 3.05) is 20.3 Å². The summed E-state index contributed by atoms with van der Waals surface area (Å²) in [6, 6.07) is 12.6. The predicted octanol–water partition coefficient (Wildman–Crippen LogP) is 4.66. The van der Waals surface area contributed by atoms with Gasteiger partial charge in [0.25, 0.3) is 0 Å². The van der Waals surface area contributed by atoms with Crippen LogP contribution in [-0.4, -0.2) is 44.7 Å². The Hall–Kier alpha value is -1.01. The van der Waals surface area contributed by atoms with Crippen molar-refractivity contribution in [1.82, 2.24) is 0 Å². The molecular formula is C19H22ClLiO4P. The van der Waals surface area contributed by atoms with Crippen LogP contribution in [0.25, 0.3) is 0 Å². The fourth-order valence-corrected chi connectivity index (χ4v) is 4.30. The van der Waals surface area contributed by atoms with Gasteiger partial charge in [0.05, 0.1) is 30.9 Å². The zero-order valence-corrected chi connectivity index (χ0v) is 17.3. The van der Waals surface area contributed by atoms with Crippen molar-refractivity contribution in [3.8, 4) is 11.5 Å². The Labute approximate surface area is 173 Å². The molecule has 0 spiro atoms. The Morgan fingerprint density at radius 1 is 1.12 bits per heavy atom. The van der Waals surface area contributed by atoms with Gasteiger partial charge in [0, 0.05) is 24.2 Å². The van der Waals surface area contributed by atoms with Gasteiger partial charge in [-0.3, -0.25) is 4.79 Å². The van der Waals surface area contributed by atoms with Crippen molar-refractivity contribution in [3.63, 3.8) is 0 Å². The summed E-state index contributed by atoms with van der Waals surface area (Å²) < 4.78 is 16.7. The largest absolute Gasteiger partial charge is 0.496 e. The van der Waals surface area contributed by atoms with E-state index in [1.165, 1.54) is 7.11 Å². The number of ether oxygens (including phenoxy) is 2. The molecule has 0 saturated carbocycles. The van der Waals surface area contributed by atoms with Crippen molar-refractivity contribution in [2.45, 2.75) is 20.3 Å². The number of halogens is 1. The Balaban J connectivity index is 0.00000338. The predicted molar refractivity (Wildman–Crippen MR) is 108 cm³/mol. The van der Waals surface area contributed by atoms with Crippen molar-refractivity contribution < 1.29 is 18.8 Å². The molecule has 1 atom stereocenters. The van der Waals surface area contributed by atoms with Crippen LogP contribution in [0.3, 0.4) is 0 Å². The van der Waals surface area contributed by atoms with E-state index in [0.29, 0.717) is 29.5 Å². The van der Waals surface area contributed by atoms with Crippen LogP contribution in [0.1, 0.15) is 30.6 Å². The summed E-state index contributed by atoms with van der Waals surface area (Å²) in [6.07, 6.45) is 0.822. The Bertz CT molecular complexity index is 709. The molecule has 0 fully saturated rings. The summed E-state index contributed by atoms with van der Waals surface area (Å²) >= 11 is 6.27. The number of benzene rings is 2. The normalized spacial score (nSPS) is 11.4. The summed E-state index contributed by atoms with van der Waals surface area (Å²) in [5.74, 6) is 1.22. The van der Waals surface area contributed by atoms with E-state index in [1.54, 1.807) is 18.2 Å². The van der Waals surface area contributed by atoms with Crippen LogP contribution in [0.2, 0.25) is 5.02 Å². The molecule has 0 aliphatic rings. The van der Waals surface area contributed by atoms with Crippen LogP contribution in [0, 0.1) is 0 Å². The van der Waals surface area contributed by atoms with Crippen LogP contribution in [0.15, 0.2) is 42.5 Å².